The summed E-state index contributed by atoms with van der Waals surface area (Å²) in [5, 5.41) is 16.6. The number of nitrogens with two attached hydrogens (primary N) is 3. The van der Waals surface area contributed by atoms with Crippen molar-refractivity contribution in [3.63, 3.8) is 0 Å². The van der Waals surface area contributed by atoms with Crippen LogP contribution in [0, 0.1) is 0 Å². The normalized spacial score (nSPS) is 12.4. The average molecular weight is 1100 g/mol. The second-order valence-electron chi connectivity index (χ2n) is 18.8. The molecular weight excluding hydrogens is 1030 g/mol. The Morgan fingerprint density at radius 1 is 0.388 bits per heavy atom. The number of rotatable bonds is 28. The maximum Gasteiger partial charge on any atom is 0.490 e. The van der Waals surface area contributed by atoms with Crippen molar-refractivity contribution in [2.75, 3.05) is 35.6 Å². The summed E-state index contributed by atoms with van der Waals surface area (Å²) in [4.78, 5) is 94.5. The summed E-state index contributed by atoms with van der Waals surface area (Å²) in [6.07, 6.45) is -1.59. The van der Waals surface area contributed by atoms with Gasteiger partial charge in [0, 0.05) is 50.4 Å². The minimum Gasteiger partial charge on any atom is -0.438 e. The van der Waals surface area contributed by atoms with E-state index in [4.69, 9.17) is 21.9 Å². The van der Waals surface area contributed by atoms with Gasteiger partial charge in [0.2, 0.25) is 17.7 Å². The van der Waals surface area contributed by atoms with Gasteiger partial charge in [-0.2, -0.15) is 13.2 Å². The lowest BCUT2D eigenvalue weighted by atomic mass is 9.79. The van der Waals surface area contributed by atoms with Crippen molar-refractivity contribution in [1.82, 2.24) is 16.0 Å². The van der Waals surface area contributed by atoms with Crippen LogP contribution >= 0.6 is 0 Å². The third-order valence-electron chi connectivity index (χ3n) is 13.0. The standard InChI is InChI=1S/C60H66F3N9O8/c61-60(62,63)58(79)80-59(43-25-31-46(32-26-43)67-55(76)49(22-10-13-37-64)70-52(73)40-16-4-1-5-17-40,44-27-33-47(34-28-44)68-56(77)50(23-11-14-38-65)71-53(74)41-18-6-2-7-19-41)45-29-35-48(36-30-45)69-57(78)51(24-12-15-39-66)72-54(75)42-20-8-3-9-21-42/h1-9,16-21,25-36,49-51H,10-15,22-24,37-39,64-66H2,(H,67,76)(H,68,77)(H,69,78)(H,70,73)(H,71,74)(H,72,75)/t49-,50-,51-/m1/s1. The van der Waals surface area contributed by atoms with E-state index in [9.17, 15) is 46.7 Å². The first-order chi connectivity index (χ1) is 38.6. The Labute approximate surface area is 462 Å². The molecule has 0 spiro atoms. The van der Waals surface area contributed by atoms with Crippen molar-refractivity contribution >= 4 is 58.5 Å². The Morgan fingerprint density at radius 3 is 0.887 bits per heavy atom. The zero-order valence-electron chi connectivity index (χ0n) is 43.9. The molecule has 6 aromatic carbocycles. The molecule has 0 aliphatic carbocycles. The number of hydrogen-bond donors (Lipinski definition) is 9. The highest BCUT2D eigenvalue weighted by molar-refractivity contribution is 6.03. The molecule has 0 unspecified atom stereocenters. The molecule has 6 amide bonds. The number of anilines is 3. The minimum absolute atomic E-state index is 0.0364. The fourth-order valence-corrected chi connectivity index (χ4v) is 8.70. The van der Waals surface area contributed by atoms with Crippen LogP contribution in [-0.2, 0) is 29.5 Å². The van der Waals surface area contributed by atoms with Gasteiger partial charge < -0.3 is 53.8 Å². The zero-order chi connectivity index (χ0) is 57.5. The Morgan fingerprint density at radius 2 is 0.650 bits per heavy atom. The second-order valence-corrected chi connectivity index (χ2v) is 18.8. The number of unbranched alkanes of at least 4 members (excludes halogenated alkanes) is 3. The minimum atomic E-state index is -5.52. The summed E-state index contributed by atoms with van der Waals surface area (Å²) in [6, 6.07) is 38.4. The molecule has 420 valence electrons. The van der Waals surface area contributed by atoms with E-state index in [-0.39, 0.29) is 53.0 Å². The van der Waals surface area contributed by atoms with Gasteiger partial charge in [0.1, 0.15) is 18.1 Å². The molecule has 17 nitrogen and oxygen atoms in total. The van der Waals surface area contributed by atoms with Crippen molar-refractivity contribution in [2.24, 2.45) is 17.2 Å². The van der Waals surface area contributed by atoms with E-state index in [1.54, 1.807) is 91.0 Å². The summed E-state index contributed by atoms with van der Waals surface area (Å²) in [5.41, 5.74) is 16.1. The Bertz CT molecular complexity index is 2690. The Hall–Kier alpha value is -8.72. The quantitative estimate of drug-likeness (QED) is 0.0131. The molecule has 80 heavy (non-hydrogen) atoms. The van der Waals surface area contributed by atoms with Crippen LogP contribution in [0.1, 0.15) is 106 Å². The Balaban J connectivity index is 1.38. The predicted molar refractivity (Wildman–Crippen MR) is 299 cm³/mol. The summed E-state index contributed by atoms with van der Waals surface area (Å²) in [5.74, 6) is -5.81. The molecule has 6 rings (SSSR count). The number of alkyl halides is 3. The van der Waals surface area contributed by atoms with Crippen LogP contribution in [0.15, 0.2) is 164 Å². The van der Waals surface area contributed by atoms with Crippen LogP contribution in [0.3, 0.4) is 0 Å². The third-order valence-corrected chi connectivity index (χ3v) is 13.0. The molecule has 0 fully saturated rings. The second kappa shape index (κ2) is 29.9. The molecule has 0 bridgehead atoms. The number of esters is 1. The molecule has 3 atom stereocenters. The van der Waals surface area contributed by atoms with E-state index >= 15 is 0 Å². The molecule has 0 aliphatic rings. The van der Waals surface area contributed by atoms with Crippen molar-refractivity contribution in [2.45, 2.75) is 87.7 Å². The molecular formula is C60H66F3N9O8. The highest BCUT2D eigenvalue weighted by Crippen LogP contribution is 2.43. The lowest BCUT2D eigenvalue weighted by Gasteiger charge is -2.36. The number of carbonyl (C=O) groups excluding carboxylic acids is 7. The lowest BCUT2D eigenvalue weighted by molar-refractivity contribution is -0.209. The molecule has 12 N–H and O–H groups in total. The fraction of sp³-hybridized carbons (Fsp3) is 0.283. The first-order valence-corrected chi connectivity index (χ1v) is 26.3. The van der Waals surface area contributed by atoms with Gasteiger partial charge in [0.15, 0.2) is 5.60 Å². The van der Waals surface area contributed by atoms with E-state index in [0.29, 0.717) is 74.8 Å². The molecule has 0 radical (unpaired) electrons. The van der Waals surface area contributed by atoms with Crippen LogP contribution < -0.4 is 49.1 Å². The van der Waals surface area contributed by atoms with Gasteiger partial charge in [-0.05, 0) is 150 Å². The monoisotopic (exact) mass is 1100 g/mol. The third kappa shape index (κ3) is 17.1. The van der Waals surface area contributed by atoms with Crippen molar-refractivity contribution in [3.8, 4) is 0 Å². The first-order valence-electron chi connectivity index (χ1n) is 26.3. The number of benzene rings is 6. The zero-order valence-corrected chi connectivity index (χ0v) is 43.9. The summed E-state index contributed by atoms with van der Waals surface area (Å²) < 4.78 is 49.4. The SMILES string of the molecule is NCCCC[C@@H](NC(=O)c1ccccc1)C(=O)Nc1ccc(C(OC(=O)C(F)(F)F)(c2ccc(NC(=O)[C@@H](CCCCN)NC(=O)c3ccccc3)cc2)c2ccc(NC(=O)[C@@H](CCCCN)NC(=O)c3ccccc3)cc2)cc1. The number of carbonyl (C=O) groups is 7. The Kier molecular flexibility index (Phi) is 22.6. The van der Waals surface area contributed by atoms with Gasteiger partial charge in [-0.1, -0.05) is 91.0 Å². The molecule has 0 heterocycles. The topological polar surface area (TPSA) is 279 Å². The van der Waals surface area contributed by atoms with E-state index in [1.165, 1.54) is 72.8 Å². The van der Waals surface area contributed by atoms with Gasteiger partial charge in [-0.15, -0.1) is 0 Å². The van der Waals surface area contributed by atoms with Crippen LogP contribution in [0.5, 0.6) is 0 Å². The lowest BCUT2D eigenvalue weighted by Crippen LogP contribution is -2.44. The molecule has 6 aromatic rings. The average Bonchev–Trinajstić information content (AvgIpc) is 3.50. The van der Waals surface area contributed by atoms with Gasteiger partial charge in [0.25, 0.3) is 17.7 Å². The molecule has 20 heteroatoms. The number of amides is 6. The maximum absolute atomic E-state index is 14.6. The highest BCUT2D eigenvalue weighted by atomic mass is 19.4. The van der Waals surface area contributed by atoms with E-state index in [1.807, 2.05) is 0 Å². The van der Waals surface area contributed by atoms with E-state index in [2.05, 4.69) is 31.9 Å². The van der Waals surface area contributed by atoms with Gasteiger partial charge in [-0.25, -0.2) is 4.79 Å². The summed E-state index contributed by atoms with van der Waals surface area (Å²) in [6.45, 7) is 1.06. The van der Waals surface area contributed by atoms with Gasteiger partial charge >= 0.3 is 12.1 Å². The number of halogens is 3. The summed E-state index contributed by atoms with van der Waals surface area (Å²) in [7, 11) is 0. The smallest absolute Gasteiger partial charge is 0.438 e. The van der Waals surface area contributed by atoms with Crippen LogP contribution in [0.25, 0.3) is 0 Å². The number of nitrogens with one attached hydrogen (secondary N) is 6. The van der Waals surface area contributed by atoms with Crippen LogP contribution in [0.4, 0.5) is 30.2 Å². The molecule has 0 aromatic heterocycles. The van der Waals surface area contributed by atoms with E-state index < -0.39 is 71.3 Å². The maximum atomic E-state index is 14.6. The molecule has 0 saturated carbocycles. The fourth-order valence-electron chi connectivity index (χ4n) is 8.70. The molecule has 0 aliphatic heterocycles. The van der Waals surface area contributed by atoms with Crippen LogP contribution in [0.2, 0.25) is 0 Å². The largest absolute Gasteiger partial charge is 0.490 e. The predicted octanol–water partition coefficient (Wildman–Crippen LogP) is 7.68. The highest BCUT2D eigenvalue weighted by Gasteiger charge is 2.49. The van der Waals surface area contributed by atoms with Gasteiger partial charge in [0.05, 0.1) is 0 Å². The number of hydrogen-bond acceptors (Lipinski definition) is 11. The van der Waals surface area contributed by atoms with Crippen molar-refractivity contribution < 1.29 is 51.5 Å². The van der Waals surface area contributed by atoms with Crippen LogP contribution in [-0.4, -0.2) is 85.3 Å². The van der Waals surface area contributed by atoms with E-state index in [0.717, 1.165) is 0 Å². The molecule has 0 saturated heterocycles. The number of ether oxygens (including phenoxy) is 1. The van der Waals surface area contributed by atoms with Crippen molar-refractivity contribution in [1.29, 1.82) is 0 Å². The van der Waals surface area contributed by atoms with Gasteiger partial charge in [-0.3, -0.25) is 28.8 Å². The summed E-state index contributed by atoms with van der Waals surface area (Å²) >= 11 is 0. The van der Waals surface area contributed by atoms with Crippen molar-refractivity contribution in [3.05, 3.63) is 197 Å². The first kappa shape index (κ1) is 60.5.